The number of aliphatic carboxylic acids is 1. The molecular weight excluding hydrogens is 262 g/mol. The molecule has 3 N–H and O–H groups in total. The van der Waals surface area contributed by atoms with Gasteiger partial charge in [0.25, 0.3) is 0 Å². The Morgan fingerprint density at radius 3 is 2.50 bits per heavy atom. The zero-order chi connectivity index (χ0) is 15.0. The Morgan fingerprint density at radius 1 is 1.25 bits per heavy atom. The van der Waals surface area contributed by atoms with Gasteiger partial charge in [0, 0.05) is 0 Å². The van der Waals surface area contributed by atoms with Gasteiger partial charge in [0.15, 0.2) is 11.5 Å². The van der Waals surface area contributed by atoms with Crippen molar-refractivity contribution in [3.05, 3.63) is 23.8 Å². The van der Waals surface area contributed by atoms with Crippen molar-refractivity contribution in [2.45, 2.75) is 19.9 Å². The number of carbonyl (C=O) groups is 1. The highest BCUT2D eigenvalue weighted by atomic mass is 16.5. The van der Waals surface area contributed by atoms with E-state index in [1.54, 1.807) is 12.1 Å². The molecule has 112 valence electrons. The SMILES string of the molecule is CCOc1ccc(C(N)COCC(=O)O)cc1OCC. The van der Waals surface area contributed by atoms with Gasteiger partial charge in [0.1, 0.15) is 6.61 Å². The Labute approximate surface area is 118 Å². The number of hydrogen-bond acceptors (Lipinski definition) is 5. The molecule has 1 unspecified atom stereocenters. The second-order valence-corrected chi connectivity index (χ2v) is 4.09. The van der Waals surface area contributed by atoms with Crippen molar-refractivity contribution < 1.29 is 24.1 Å². The fourth-order valence-corrected chi connectivity index (χ4v) is 1.67. The van der Waals surface area contributed by atoms with Crippen molar-refractivity contribution in [2.75, 3.05) is 26.4 Å². The standard InChI is InChI=1S/C14H21NO5/c1-3-19-12-6-5-10(7-13(12)20-4-2)11(15)8-18-9-14(16)17/h5-7,11H,3-4,8-9,15H2,1-2H3,(H,16,17). The molecule has 0 aliphatic rings. The van der Waals surface area contributed by atoms with E-state index >= 15 is 0 Å². The first kappa shape index (κ1) is 16.3. The molecule has 0 radical (unpaired) electrons. The molecule has 0 saturated carbocycles. The highest BCUT2D eigenvalue weighted by Gasteiger charge is 2.12. The van der Waals surface area contributed by atoms with E-state index in [0.29, 0.717) is 24.7 Å². The van der Waals surface area contributed by atoms with Gasteiger partial charge >= 0.3 is 5.97 Å². The van der Waals surface area contributed by atoms with Crippen LogP contribution in [-0.4, -0.2) is 37.5 Å². The van der Waals surface area contributed by atoms with Gasteiger partial charge in [-0.1, -0.05) is 6.07 Å². The molecule has 1 rings (SSSR count). The minimum absolute atomic E-state index is 0.131. The van der Waals surface area contributed by atoms with Gasteiger partial charge in [0.2, 0.25) is 0 Å². The molecule has 0 heterocycles. The molecule has 1 atom stereocenters. The second kappa shape index (κ2) is 8.39. The van der Waals surface area contributed by atoms with E-state index in [4.69, 9.17) is 25.1 Å². The number of hydrogen-bond donors (Lipinski definition) is 2. The third-order valence-electron chi connectivity index (χ3n) is 2.52. The maximum atomic E-state index is 10.4. The summed E-state index contributed by atoms with van der Waals surface area (Å²) in [6, 6.07) is 5.00. The van der Waals surface area contributed by atoms with Crippen molar-refractivity contribution in [1.29, 1.82) is 0 Å². The lowest BCUT2D eigenvalue weighted by Crippen LogP contribution is -2.19. The summed E-state index contributed by atoms with van der Waals surface area (Å²) in [6.45, 7) is 4.63. The maximum absolute atomic E-state index is 10.4. The molecule has 6 nitrogen and oxygen atoms in total. The topological polar surface area (TPSA) is 91.0 Å². The van der Waals surface area contributed by atoms with Gasteiger partial charge < -0.3 is 25.1 Å². The van der Waals surface area contributed by atoms with Crippen molar-refractivity contribution in [2.24, 2.45) is 5.73 Å². The molecule has 0 spiro atoms. The number of nitrogens with two attached hydrogens (primary N) is 1. The van der Waals surface area contributed by atoms with Crippen LogP contribution >= 0.6 is 0 Å². The van der Waals surface area contributed by atoms with Gasteiger partial charge in [-0.2, -0.15) is 0 Å². The largest absolute Gasteiger partial charge is 0.490 e. The fraction of sp³-hybridized carbons (Fsp3) is 0.500. The number of rotatable bonds is 9. The lowest BCUT2D eigenvalue weighted by atomic mass is 10.1. The van der Waals surface area contributed by atoms with Crippen LogP contribution in [0.15, 0.2) is 18.2 Å². The van der Waals surface area contributed by atoms with E-state index in [9.17, 15) is 4.79 Å². The molecule has 0 amide bonds. The summed E-state index contributed by atoms with van der Waals surface area (Å²) in [5, 5.41) is 8.50. The van der Waals surface area contributed by atoms with E-state index in [2.05, 4.69) is 0 Å². The predicted molar refractivity (Wildman–Crippen MR) is 74.2 cm³/mol. The fourth-order valence-electron chi connectivity index (χ4n) is 1.67. The monoisotopic (exact) mass is 283 g/mol. The summed E-state index contributed by atoms with van der Waals surface area (Å²) >= 11 is 0. The Morgan fingerprint density at radius 2 is 1.90 bits per heavy atom. The van der Waals surface area contributed by atoms with Gasteiger partial charge in [-0.15, -0.1) is 0 Å². The van der Waals surface area contributed by atoms with E-state index in [0.717, 1.165) is 5.56 Å². The normalized spacial score (nSPS) is 11.9. The van der Waals surface area contributed by atoms with Crippen LogP contribution in [0, 0.1) is 0 Å². The van der Waals surface area contributed by atoms with Crippen molar-refractivity contribution in [3.63, 3.8) is 0 Å². The van der Waals surface area contributed by atoms with Crippen LogP contribution in [0.5, 0.6) is 11.5 Å². The number of carboxylic acids is 1. The van der Waals surface area contributed by atoms with Crippen LogP contribution in [0.3, 0.4) is 0 Å². The predicted octanol–water partition coefficient (Wildman–Crippen LogP) is 1.58. The molecule has 1 aromatic rings. The van der Waals surface area contributed by atoms with Crippen LogP contribution in [0.1, 0.15) is 25.5 Å². The minimum atomic E-state index is -1.01. The lowest BCUT2D eigenvalue weighted by molar-refractivity contribution is -0.142. The van der Waals surface area contributed by atoms with Crippen LogP contribution in [0.25, 0.3) is 0 Å². The Hall–Kier alpha value is -1.79. The molecule has 20 heavy (non-hydrogen) atoms. The van der Waals surface area contributed by atoms with Crippen LogP contribution in [0.4, 0.5) is 0 Å². The lowest BCUT2D eigenvalue weighted by Gasteiger charge is -2.16. The summed E-state index contributed by atoms with van der Waals surface area (Å²) < 4.78 is 16.0. The average molecular weight is 283 g/mol. The highest BCUT2D eigenvalue weighted by molar-refractivity contribution is 5.68. The van der Waals surface area contributed by atoms with E-state index in [-0.39, 0.29) is 13.2 Å². The Kier molecular flexibility index (Phi) is 6.83. The van der Waals surface area contributed by atoms with E-state index < -0.39 is 12.0 Å². The van der Waals surface area contributed by atoms with Gasteiger partial charge in [-0.3, -0.25) is 0 Å². The molecule has 0 aromatic heterocycles. The summed E-state index contributed by atoms with van der Waals surface area (Å²) in [6.07, 6.45) is 0. The highest BCUT2D eigenvalue weighted by Crippen LogP contribution is 2.30. The van der Waals surface area contributed by atoms with Crippen molar-refractivity contribution >= 4 is 5.97 Å². The maximum Gasteiger partial charge on any atom is 0.329 e. The minimum Gasteiger partial charge on any atom is -0.490 e. The first-order valence-electron chi connectivity index (χ1n) is 6.53. The smallest absolute Gasteiger partial charge is 0.329 e. The second-order valence-electron chi connectivity index (χ2n) is 4.09. The summed E-state index contributed by atoms with van der Waals surface area (Å²) in [5.74, 6) is 0.274. The molecule has 0 fully saturated rings. The molecule has 0 saturated heterocycles. The van der Waals surface area contributed by atoms with E-state index in [1.165, 1.54) is 0 Å². The third kappa shape index (κ3) is 5.07. The van der Waals surface area contributed by atoms with Crippen molar-refractivity contribution in [3.8, 4) is 11.5 Å². The molecule has 0 aliphatic carbocycles. The quantitative estimate of drug-likeness (QED) is 0.715. The third-order valence-corrected chi connectivity index (χ3v) is 2.52. The Bertz CT molecular complexity index is 436. The number of carboxylic acid groups (broad SMARTS) is 1. The van der Waals surface area contributed by atoms with Crippen LogP contribution < -0.4 is 15.2 Å². The molecule has 6 heteroatoms. The Balaban J connectivity index is 2.73. The van der Waals surface area contributed by atoms with Crippen LogP contribution in [0.2, 0.25) is 0 Å². The summed E-state index contributed by atoms with van der Waals surface area (Å²) in [5.41, 5.74) is 6.76. The first-order valence-corrected chi connectivity index (χ1v) is 6.53. The molecule has 0 bridgehead atoms. The van der Waals surface area contributed by atoms with E-state index in [1.807, 2.05) is 19.9 Å². The zero-order valence-electron chi connectivity index (χ0n) is 11.8. The average Bonchev–Trinajstić information content (AvgIpc) is 2.40. The van der Waals surface area contributed by atoms with Gasteiger partial charge in [-0.25, -0.2) is 4.79 Å². The van der Waals surface area contributed by atoms with Gasteiger partial charge in [0.05, 0.1) is 25.9 Å². The first-order chi connectivity index (χ1) is 9.58. The summed E-state index contributed by atoms with van der Waals surface area (Å²) in [4.78, 5) is 10.4. The van der Waals surface area contributed by atoms with Crippen molar-refractivity contribution in [1.82, 2.24) is 0 Å². The molecular formula is C14H21NO5. The number of benzene rings is 1. The van der Waals surface area contributed by atoms with Gasteiger partial charge in [-0.05, 0) is 31.5 Å². The molecule has 0 aliphatic heterocycles. The molecule has 1 aromatic carbocycles. The zero-order valence-corrected chi connectivity index (χ0v) is 11.8. The number of ether oxygens (including phenoxy) is 3. The van der Waals surface area contributed by atoms with Crippen LogP contribution in [-0.2, 0) is 9.53 Å². The summed E-state index contributed by atoms with van der Waals surface area (Å²) in [7, 11) is 0.